The first-order valence-corrected chi connectivity index (χ1v) is 6.74. The molecule has 1 aromatic carbocycles. The Bertz CT molecular complexity index is 333. The molecule has 0 spiro atoms. The maximum atomic E-state index is 6.20. The molecule has 0 aliphatic heterocycles. The lowest BCUT2D eigenvalue weighted by atomic mass is 9.95. The van der Waals surface area contributed by atoms with Crippen molar-refractivity contribution in [1.82, 2.24) is 0 Å². The van der Waals surface area contributed by atoms with Crippen molar-refractivity contribution in [2.45, 2.75) is 57.6 Å². The first kappa shape index (κ1) is 12.4. The van der Waals surface area contributed by atoms with Crippen molar-refractivity contribution in [1.29, 1.82) is 0 Å². The molecule has 0 heterocycles. The average Bonchev–Trinajstić information content (AvgIpc) is 2.31. The Morgan fingerprint density at radius 3 is 2.35 bits per heavy atom. The van der Waals surface area contributed by atoms with Gasteiger partial charge in [0.2, 0.25) is 0 Å². The zero-order chi connectivity index (χ0) is 12.1. The van der Waals surface area contributed by atoms with E-state index in [0.717, 1.165) is 18.6 Å². The number of benzene rings is 1. The molecule has 2 rings (SSSR count). The summed E-state index contributed by atoms with van der Waals surface area (Å²) in [5, 5.41) is 0. The quantitative estimate of drug-likeness (QED) is 0.849. The van der Waals surface area contributed by atoms with Crippen LogP contribution in [0.4, 0.5) is 0 Å². The fourth-order valence-electron chi connectivity index (χ4n) is 2.42. The largest absolute Gasteiger partial charge is 0.489 e. The lowest BCUT2D eigenvalue weighted by Gasteiger charge is -2.27. The minimum atomic E-state index is 0.191. The molecule has 17 heavy (non-hydrogen) atoms. The standard InChI is InChI=1S/C15H23NO/c1-12-8-10-13(11-9-12)17-15-7-5-3-2-4-6-14(15)16/h8-11,14-15H,2-7,16H2,1H3/t14-,15+/m0/s1. The van der Waals surface area contributed by atoms with Crippen LogP contribution in [0.1, 0.15) is 44.1 Å². The van der Waals surface area contributed by atoms with Crippen molar-refractivity contribution in [3.05, 3.63) is 29.8 Å². The van der Waals surface area contributed by atoms with Crippen LogP contribution in [0.5, 0.6) is 5.75 Å². The van der Waals surface area contributed by atoms with E-state index >= 15 is 0 Å². The number of ether oxygens (including phenoxy) is 1. The van der Waals surface area contributed by atoms with Crippen molar-refractivity contribution in [3.8, 4) is 5.75 Å². The smallest absolute Gasteiger partial charge is 0.119 e. The van der Waals surface area contributed by atoms with Crippen molar-refractivity contribution >= 4 is 0 Å². The van der Waals surface area contributed by atoms with E-state index in [0.29, 0.717) is 0 Å². The van der Waals surface area contributed by atoms with Crippen LogP contribution in [0.3, 0.4) is 0 Å². The van der Waals surface area contributed by atoms with Crippen LogP contribution in [0.2, 0.25) is 0 Å². The zero-order valence-corrected chi connectivity index (χ0v) is 10.7. The average molecular weight is 233 g/mol. The van der Waals surface area contributed by atoms with E-state index < -0.39 is 0 Å². The highest BCUT2D eigenvalue weighted by atomic mass is 16.5. The van der Waals surface area contributed by atoms with Crippen LogP contribution in [0, 0.1) is 6.92 Å². The Morgan fingerprint density at radius 1 is 1.00 bits per heavy atom. The summed E-state index contributed by atoms with van der Waals surface area (Å²) in [7, 11) is 0. The van der Waals surface area contributed by atoms with Crippen molar-refractivity contribution in [2.75, 3.05) is 0 Å². The van der Waals surface area contributed by atoms with E-state index in [4.69, 9.17) is 10.5 Å². The number of rotatable bonds is 2. The Kier molecular flexibility index (Phi) is 4.43. The molecule has 2 N–H and O–H groups in total. The van der Waals surface area contributed by atoms with Gasteiger partial charge in [-0.3, -0.25) is 0 Å². The maximum Gasteiger partial charge on any atom is 0.119 e. The summed E-state index contributed by atoms with van der Waals surface area (Å²) < 4.78 is 6.03. The van der Waals surface area contributed by atoms with Gasteiger partial charge < -0.3 is 10.5 Å². The summed E-state index contributed by atoms with van der Waals surface area (Å²) in [6, 6.07) is 8.45. The van der Waals surface area contributed by atoms with Gasteiger partial charge in [0.05, 0.1) is 0 Å². The predicted octanol–water partition coefficient (Wildman–Crippen LogP) is 3.42. The van der Waals surface area contributed by atoms with Crippen LogP contribution in [-0.4, -0.2) is 12.1 Å². The van der Waals surface area contributed by atoms with Crippen molar-refractivity contribution < 1.29 is 4.74 Å². The van der Waals surface area contributed by atoms with E-state index in [2.05, 4.69) is 19.1 Å². The summed E-state index contributed by atoms with van der Waals surface area (Å²) >= 11 is 0. The third-order valence-electron chi connectivity index (χ3n) is 3.56. The van der Waals surface area contributed by atoms with E-state index in [9.17, 15) is 0 Å². The molecular weight excluding hydrogens is 210 g/mol. The molecule has 0 radical (unpaired) electrons. The first-order valence-electron chi connectivity index (χ1n) is 6.74. The number of nitrogens with two attached hydrogens (primary N) is 1. The molecule has 94 valence electrons. The second-order valence-electron chi connectivity index (χ2n) is 5.12. The van der Waals surface area contributed by atoms with E-state index in [-0.39, 0.29) is 12.1 Å². The molecule has 1 aliphatic carbocycles. The monoisotopic (exact) mass is 233 g/mol. The Hall–Kier alpha value is -1.02. The topological polar surface area (TPSA) is 35.2 Å². The third kappa shape index (κ3) is 3.74. The lowest BCUT2D eigenvalue weighted by molar-refractivity contribution is 0.145. The highest BCUT2D eigenvalue weighted by molar-refractivity contribution is 5.26. The highest BCUT2D eigenvalue weighted by Gasteiger charge is 2.20. The SMILES string of the molecule is Cc1ccc(O[C@@H]2CCCCCC[C@@H]2N)cc1. The molecule has 0 bridgehead atoms. The Morgan fingerprint density at radius 2 is 1.65 bits per heavy atom. The van der Waals surface area contributed by atoms with E-state index in [1.54, 1.807) is 0 Å². The van der Waals surface area contributed by atoms with E-state index in [1.807, 2.05) is 12.1 Å². The fraction of sp³-hybridized carbons (Fsp3) is 0.600. The minimum absolute atomic E-state index is 0.191. The van der Waals surface area contributed by atoms with Gasteiger partial charge in [-0.1, -0.05) is 37.0 Å². The summed E-state index contributed by atoms with van der Waals surface area (Å²) in [5.74, 6) is 0.955. The molecule has 0 unspecified atom stereocenters. The molecule has 0 amide bonds. The van der Waals surface area contributed by atoms with Gasteiger partial charge in [-0.05, 0) is 38.3 Å². The number of aryl methyl sites for hydroxylation is 1. The normalized spacial score (nSPS) is 26.0. The third-order valence-corrected chi connectivity index (χ3v) is 3.56. The molecule has 1 saturated carbocycles. The second-order valence-corrected chi connectivity index (χ2v) is 5.12. The molecule has 0 saturated heterocycles. The number of hydrogen-bond donors (Lipinski definition) is 1. The molecule has 1 aliphatic rings. The summed E-state index contributed by atoms with van der Waals surface area (Å²) in [6.45, 7) is 2.09. The Labute approximate surface area is 104 Å². The minimum Gasteiger partial charge on any atom is -0.489 e. The van der Waals surface area contributed by atoms with Gasteiger partial charge in [-0.25, -0.2) is 0 Å². The van der Waals surface area contributed by atoms with Gasteiger partial charge in [-0.2, -0.15) is 0 Å². The molecular formula is C15H23NO. The molecule has 1 aromatic rings. The van der Waals surface area contributed by atoms with Crippen molar-refractivity contribution in [3.63, 3.8) is 0 Å². The first-order chi connectivity index (χ1) is 8.25. The molecule has 1 fully saturated rings. The predicted molar refractivity (Wildman–Crippen MR) is 71.3 cm³/mol. The molecule has 2 atom stereocenters. The zero-order valence-electron chi connectivity index (χ0n) is 10.7. The van der Waals surface area contributed by atoms with Gasteiger partial charge in [0.1, 0.15) is 11.9 Å². The molecule has 2 heteroatoms. The van der Waals surface area contributed by atoms with Gasteiger partial charge >= 0.3 is 0 Å². The summed E-state index contributed by atoms with van der Waals surface area (Å²) in [5.41, 5.74) is 7.46. The van der Waals surface area contributed by atoms with E-state index in [1.165, 1.54) is 31.2 Å². The summed E-state index contributed by atoms with van der Waals surface area (Å²) in [4.78, 5) is 0. The van der Waals surface area contributed by atoms with Crippen LogP contribution in [-0.2, 0) is 0 Å². The summed E-state index contributed by atoms with van der Waals surface area (Å²) in [6.07, 6.45) is 7.51. The van der Waals surface area contributed by atoms with Gasteiger partial charge in [0.15, 0.2) is 0 Å². The van der Waals surface area contributed by atoms with Crippen LogP contribution < -0.4 is 10.5 Å². The van der Waals surface area contributed by atoms with Crippen LogP contribution in [0.15, 0.2) is 24.3 Å². The molecule has 2 nitrogen and oxygen atoms in total. The second kappa shape index (κ2) is 6.06. The van der Waals surface area contributed by atoms with Gasteiger partial charge in [0, 0.05) is 6.04 Å². The molecule has 0 aromatic heterocycles. The Balaban J connectivity index is 1.97. The fourth-order valence-corrected chi connectivity index (χ4v) is 2.42. The van der Waals surface area contributed by atoms with Gasteiger partial charge in [0.25, 0.3) is 0 Å². The highest BCUT2D eigenvalue weighted by Crippen LogP contribution is 2.22. The number of hydrogen-bond acceptors (Lipinski definition) is 2. The maximum absolute atomic E-state index is 6.20. The van der Waals surface area contributed by atoms with Crippen LogP contribution >= 0.6 is 0 Å². The van der Waals surface area contributed by atoms with Gasteiger partial charge in [-0.15, -0.1) is 0 Å². The van der Waals surface area contributed by atoms with Crippen LogP contribution in [0.25, 0.3) is 0 Å². The lowest BCUT2D eigenvalue weighted by Crippen LogP contribution is -2.39. The van der Waals surface area contributed by atoms with Crippen molar-refractivity contribution in [2.24, 2.45) is 5.73 Å².